The molecule has 0 saturated heterocycles. The Hall–Kier alpha value is -2.34. The molecule has 25 heavy (non-hydrogen) atoms. The second kappa shape index (κ2) is 6.88. The maximum Gasteiger partial charge on any atom is 1.00 e. The topological polar surface area (TPSA) is 35.5 Å². The first-order valence-corrected chi connectivity index (χ1v) is 8.00. The van der Waals surface area contributed by atoms with Gasteiger partial charge in [0.15, 0.2) is 0 Å². The zero-order chi connectivity index (χ0) is 16.7. The third kappa shape index (κ3) is 2.70. The summed E-state index contributed by atoms with van der Waals surface area (Å²) < 4.78 is 5.45. The van der Waals surface area contributed by atoms with E-state index in [0.29, 0.717) is 5.75 Å². The summed E-state index contributed by atoms with van der Waals surface area (Å²) in [6.07, 6.45) is 0. The number of benzene rings is 3. The molecule has 1 heterocycles. The van der Waals surface area contributed by atoms with E-state index in [1.807, 2.05) is 54.3 Å². The summed E-state index contributed by atoms with van der Waals surface area (Å²) in [4.78, 5) is 1.83. The van der Waals surface area contributed by atoms with Crippen LogP contribution in [0.3, 0.4) is 0 Å². The van der Waals surface area contributed by atoms with Crippen molar-refractivity contribution in [2.75, 3.05) is 12.0 Å². The van der Waals surface area contributed by atoms with Gasteiger partial charge >= 0.3 is 18.9 Å². The van der Waals surface area contributed by atoms with E-state index in [1.54, 1.807) is 7.11 Å². The van der Waals surface area contributed by atoms with Crippen molar-refractivity contribution in [3.63, 3.8) is 0 Å². The van der Waals surface area contributed by atoms with Crippen LogP contribution in [0, 0.1) is 0 Å². The van der Waals surface area contributed by atoms with Crippen LogP contribution in [0.1, 0.15) is 18.5 Å². The molecule has 0 fully saturated rings. The number of nitrogens with zero attached hydrogens (tertiary/aromatic N) is 1. The number of fused-ring (bicyclic) bond motifs is 1. The molecular formula is C21H18LiNO2. The molecule has 4 heteroatoms. The van der Waals surface area contributed by atoms with Crippen molar-refractivity contribution in [3.8, 4) is 5.75 Å². The van der Waals surface area contributed by atoms with Crippen LogP contribution >= 0.6 is 0 Å². The van der Waals surface area contributed by atoms with Crippen molar-refractivity contribution in [1.82, 2.24) is 0 Å². The smallest absolute Gasteiger partial charge is 0.860 e. The molecule has 3 aromatic carbocycles. The molecule has 0 N–H and O–H groups in total. The predicted molar refractivity (Wildman–Crippen MR) is 94.9 cm³/mol. The fourth-order valence-corrected chi connectivity index (χ4v) is 3.49. The number of para-hydroxylation sites is 2. The molecule has 3 aromatic rings. The molecule has 0 saturated carbocycles. The molecular weight excluding hydrogens is 305 g/mol. The fraction of sp³-hybridized carbons (Fsp3) is 0.143. The van der Waals surface area contributed by atoms with E-state index in [1.165, 1.54) is 10.8 Å². The van der Waals surface area contributed by atoms with Gasteiger partial charge in [0.25, 0.3) is 0 Å². The Kier molecular flexibility index (Phi) is 4.81. The average Bonchev–Trinajstić information content (AvgIpc) is 2.65. The molecule has 1 atom stereocenters. The SMILES string of the molecule is COc1ccccc1N1C([O-])=C(C)C1c1cccc2ccccc12.[Li+]. The van der Waals surface area contributed by atoms with Crippen LogP contribution < -0.4 is 33.6 Å². The molecule has 1 aliphatic heterocycles. The first-order valence-electron chi connectivity index (χ1n) is 8.00. The predicted octanol–water partition coefficient (Wildman–Crippen LogP) is 1.01. The van der Waals surface area contributed by atoms with Crippen LogP contribution in [0.15, 0.2) is 78.2 Å². The minimum absolute atomic E-state index is 0. The van der Waals surface area contributed by atoms with E-state index < -0.39 is 0 Å². The summed E-state index contributed by atoms with van der Waals surface area (Å²) in [5, 5.41) is 14.9. The Balaban J connectivity index is 0.00000182. The summed E-state index contributed by atoms with van der Waals surface area (Å²) in [5.41, 5.74) is 2.82. The monoisotopic (exact) mass is 323 g/mol. The first-order chi connectivity index (χ1) is 11.7. The van der Waals surface area contributed by atoms with Crippen LogP contribution in [0.2, 0.25) is 0 Å². The van der Waals surface area contributed by atoms with Crippen LogP contribution in [0.25, 0.3) is 10.8 Å². The zero-order valence-electron chi connectivity index (χ0n) is 14.7. The van der Waals surface area contributed by atoms with Gasteiger partial charge in [0.2, 0.25) is 0 Å². The number of methoxy groups -OCH3 is 1. The van der Waals surface area contributed by atoms with Crippen molar-refractivity contribution >= 4 is 16.5 Å². The summed E-state index contributed by atoms with van der Waals surface area (Å²) >= 11 is 0. The Bertz CT molecular complexity index is 946. The number of hydrogen-bond acceptors (Lipinski definition) is 3. The van der Waals surface area contributed by atoms with E-state index in [9.17, 15) is 5.11 Å². The van der Waals surface area contributed by atoms with Gasteiger partial charge in [-0.1, -0.05) is 54.6 Å². The number of ether oxygens (including phenoxy) is 1. The van der Waals surface area contributed by atoms with Gasteiger partial charge in [0.1, 0.15) is 5.75 Å². The minimum atomic E-state index is -0.0556. The van der Waals surface area contributed by atoms with Crippen molar-refractivity contribution in [3.05, 3.63) is 83.7 Å². The van der Waals surface area contributed by atoms with Gasteiger partial charge in [0, 0.05) is 0 Å². The first kappa shape index (κ1) is 17.5. The normalized spacial score (nSPS) is 16.4. The summed E-state index contributed by atoms with van der Waals surface area (Å²) in [6, 6.07) is 22.1. The molecule has 0 spiro atoms. The van der Waals surface area contributed by atoms with Crippen molar-refractivity contribution in [2.45, 2.75) is 13.0 Å². The average molecular weight is 323 g/mol. The van der Waals surface area contributed by atoms with Gasteiger partial charge < -0.3 is 14.7 Å². The van der Waals surface area contributed by atoms with Crippen LogP contribution in [0.5, 0.6) is 5.75 Å². The van der Waals surface area contributed by atoms with E-state index in [-0.39, 0.29) is 30.8 Å². The molecule has 4 rings (SSSR count). The largest absolute Gasteiger partial charge is 1.00 e. The van der Waals surface area contributed by atoms with Gasteiger partial charge in [-0.05, 0) is 46.8 Å². The van der Waals surface area contributed by atoms with E-state index in [4.69, 9.17) is 4.74 Å². The van der Waals surface area contributed by atoms with E-state index >= 15 is 0 Å². The summed E-state index contributed by atoms with van der Waals surface area (Å²) in [7, 11) is 1.63. The van der Waals surface area contributed by atoms with Gasteiger partial charge in [-0.2, -0.15) is 0 Å². The zero-order valence-corrected chi connectivity index (χ0v) is 14.7. The van der Waals surface area contributed by atoms with E-state index in [0.717, 1.165) is 16.8 Å². The fourth-order valence-electron chi connectivity index (χ4n) is 3.49. The molecule has 120 valence electrons. The molecule has 0 radical (unpaired) electrons. The third-order valence-corrected chi connectivity index (χ3v) is 4.69. The summed E-state index contributed by atoms with van der Waals surface area (Å²) in [6.45, 7) is 1.92. The van der Waals surface area contributed by atoms with Gasteiger partial charge in [-0.25, -0.2) is 0 Å². The third-order valence-electron chi connectivity index (χ3n) is 4.69. The molecule has 0 aromatic heterocycles. The van der Waals surface area contributed by atoms with Gasteiger partial charge in [-0.15, -0.1) is 0 Å². The Morgan fingerprint density at radius 2 is 1.60 bits per heavy atom. The molecule has 0 amide bonds. The van der Waals surface area contributed by atoms with Crippen LogP contribution in [0.4, 0.5) is 5.69 Å². The standard InChI is InChI=1S/C21H19NO2.Li/c1-14-20(17-11-7-9-15-8-3-4-10-16(15)17)22(21(14)23)18-12-5-6-13-19(18)24-2;/h3-13,20,23H,1-2H3;/q;+1/p-1. The van der Waals surface area contributed by atoms with Crippen LogP contribution in [-0.4, -0.2) is 7.11 Å². The Morgan fingerprint density at radius 1 is 0.920 bits per heavy atom. The van der Waals surface area contributed by atoms with Crippen molar-refractivity contribution in [1.29, 1.82) is 0 Å². The van der Waals surface area contributed by atoms with Crippen molar-refractivity contribution < 1.29 is 28.7 Å². The maximum atomic E-state index is 12.6. The van der Waals surface area contributed by atoms with Crippen molar-refractivity contribution in [2.24, 2.45) is 0 Å². The molecule has 0 bridgehead atoms. The second-order valence-electron chi connectivity index (χ2n) is 6.00. The Labute approximate surface area is 159 Å². The molecule has 1 aliphatic rings. The van der Waals surface area contributed by atoms with Gasteiger partial charge in [-0.3, -0.25) is 0 Å². The van der Waals surface area contributed by atoms with Gasteiger partial charge in [0.05, 0.1) is 18.8 Å². The molecule has 0 aliphatic carbocycles. The quantitative estimate of drug-likeness (QED) is 0.675. The number of rotatable bonds is 3. The van der Waals surface area contributed by atoms with E-state index in [2.05, 4.69) is 24.3 Å². The van der Waals surface area contributed by atoms with Crippen LogP contribution in [-0.2, 0) is 0 Å². The number of anilines is 1. The maximum absolute atomic E-state index is 12.6. The Morgan fingerprint density at radius 3 is 2.40 bits per heavy atom. The minimum Gasteiger partial charge on any atom is -0.860 e. The molecule has 3 nitrogen and oxygen atoms in total. The second-order valence-corrected chi connectivity index (χ2v) is 6.00. The molecule has 1 unspecified atom stereocenters. The summed E-state index contributed by atoms with van der Waals surface area (Å²) in [5.74, 6) is 0.765. The number of hydrogen-bond donors (Lipinski definition) is 0.